The third-order valence-corrected chi connectivity index (χ3v) is 22.2. The van der Waals surface area contributed by atoms with Crippen LogP contribution in [-0.4, -0.2) is 53.6 Å². The first-order valence-corrected chi connectivity index (χ1v) is 27.5. The minimum Gasteiger partial charge on any atom is -0.463 e. The molecule has 0 aromatic heterocycles. The fourth-order valence-electron chi connectivity index (χ4n) is 19.9. The van der Waals surface area contributed by atoms with E-state index in [2.05, 4.69) is 49.0 Å². The van der Waals surface area contributed by atoms with Crippen molar-refractivity contribution < 1.29 is 52.8 Å². The molecular weight excluding hydrogens is 873 g/mol. The van der Waals surface area contributed by atoms with Gasteiger partial charge >= 0.3 is 35.8 Å². The topological polar surface area (TPSA) is 160 Å². The summed E-state index contributed by atoms with van der Waals surface area (Å²) in [6.45, 7) is 8.03. The average Bonchev–Trinajstić information content (AvgIpc) is 4.21. The van der Waals surface area contributed by atoms with Crippen molar-refractivity contribution in [3.63, 3.8) is 0 Å². The Morgan fingerprint density at radius 2 is 1.09 bits per heavy atom. The molecule has 11 heteroatoms. The lowest BCUT2D eigenvalue weighted by Crippen LogP contribution is -2.54. The van der Waals surface area contributed by atoms with Crippen molar-refractivity contribution in [2.75, 3.05) is 6.61 Å². The molecule has 11 nitrogen and oxygen atoms in total. The number of cyclic esters (lactones) is 1. The highest BCUT2D eigenvalue weighted by atomic mass is 16.6. The molecule has 1 N–H and O–H groups in total. The summed E-state index contributed by atoms with van der Waals surface area (Å²) in [4.78, 5) is 82.4. The lowest BCUT2D eigenvalue weighted by atomic mass is 9.46. The minimum atomic E-state index is -1.15. The Morgan fingerprint density at radius 1 is 0.609 bits per heavy atom. The molecule has 69 heavy (non-hydrogen) atoms. The molecule has 1 saturated heterocycles. The lowest BCUT2D eigenvalue weighted by molar-refractivity contribution is -0.179. The number of allylic oxidation sites excluding steroid dienone is 6. The molecule has 12 fully saturated rings. The molecule has 0 aromatic carbocycles. The number of ether oxygens (including phenoxy) is 4. The molecule has 12 unspecified atom stereocenters. The van der Waals surface area contributed by atoms with Crippen LogP contribution < -0.4 is 0 Å². The Bertz CT molecular complexity index is 2250. The molecule has 0 aromatic rings. The van der Waals surface area contributed by atoms with Gasteiger partial charge in [-0.15, -0.1) is 0 Å². The van der Waals surface area contributed by atoms with Gasteiger partial charge in [0.1, 0.15) is 0 Å². The number of aliphatic hydroxyl groups is 1. The summed E-state index contributed by atoms with van der Waals surface area (Å²) < 4.78 is 22.2. The summed E-state index contributed by atoms with van der Waals surface area (Å²) in [6, 6.07) is 0. The summed E-state index contributed by atoms with van der Waals surface area (Å²) in [7, 11) is 0. The summed E-state index contributed by atoms with van der Waals surface area (Å²) in [5.41, 5.74) is -2.09. The van der Waals surface area contributed by atoms with E-state index in [1.54, 1.807) is 13.8 Å². The lowest BCUT2D eigenvalue weighted by Gasteiger charge is -2.59. The number of rotatable bonds is 10. The van der Waals surface area contributed by atoms with Crippen molar-refractivity contribution >= 4 is 35.8 Å². The molecular formula is C58H74O11. The second kappa shape index (κ2) is 16.9. The van der Waals surface area contributed by atoms with Gasteiger partial charge in [0.05, 0.1) is 29.4 Å². The monoisotopic (exact) mass is 947 g/mol. The Balaban J connectivity index is 0.000000495. The van der Waals surface area contributed by atoms with Gasteiger partial charge in [-0.3, -0.25) is 14.4 Å². The highest BCUT2D eigenvalue weighted by molar-refractivity contribution is 6.04. The average molecular weight is 947 g/mol. The number of esters is 6. The van der Waals surface area contributed by atoms with E-state index in [1.807, 2.05) is 6.08 Å². The van der Waals surface area contributed by atoms with Gasteiger partial charge in [0.25, 0.3) is 0 Å². The van der Waals surface area contributed by atoms with Gasteiger partial charge in [-0.1, -0.05) is 64.2 Å². The number of hydrogen-bond acceptors (Lipinski definition) is 11. The van der Waals surface area contributed by atoms with Gasteiger partial charge in [0.2, 0.25) is 5.76 Å². The molecule has 0 radical (unpaired) electrons. The third kappa shape index (κ3) is 7.23. The molecule has 372 valence electrons. The van der Waals surface area contributed by atoms with Gasteiger partial charge in [-0.25, -0.2) is 14.4 Å². The Morgan fingerprint density at radius 3 is 1.48 bits per heavy atom. The number of fused-ring (bicyclic) bond motifs is 6. The van der Waals surface area contributed by atoms with Gasteiger partial charge in [0, 0.05) is 5.41 Å². The molecule has 15 rings (SSSR count). The normalized spacial score (nSPS) is 48.8. The van der Waals surface area contributed by atoms with Gasteiger partial charge in [-0.2, -0.15) is 0 Å². The highest BCUT2D eigenvalue weighted by Crippen LogP contribution is 2.70. The predicted molar refractivity (Wildman–Crippen MR) is 251 cm³/mol. The van der Waals surface area contributed by atoms with E-state index in [1.165, 1.54) is 64.2 Å². The summed E-state index contributed by atoms with van der Waals surface area (Å²) in [5, 5.41) is 9.05. The maximum absolute atomic E-state index is 14.8. The Labute approximate surface area is 407 Å². The third-order valence-electron chi connectivity index (χ3n) is 22.2. The second-order valence-electron chi connectivity index (χ2n) is 25.8. The number of hydrogen-bond donors (Lipinski definition) is 1. The van der Waals surface area contributed by atoms with Gasteiger partial charge in [-0.05, 0) is 209 Å². The Hall–Kier alpha value is -3.86. The number of carbonyl (C=O) groups excluding carboxylic acids is 6. The van der Waals surface area contributed by atoms with E-state index in [0.717, 1.165) is 49.0 Å². The SMILES string of the molecule is CC1(C)COC(=O)C1O.CCC1(C(=O)OC(=O)/C=C(\OC(=O)C2CC3C=CC2C3)C(=O)OC(=O)C2(CC)C3C=CC(C3)C2C2C3CC4CC(C3)CC2C4)C2C=CC(C2)C1C1C2CC3CC(C2)CC1C3. The van der Waals surface area contributed by atoms with Crippen LogP contribution in [0.15, 0.2) is 48.3 Å². The van der Waals surface area contributed by atoms with E-state index >= 15 is 0 Å². The first kappa shape index (κ1) is 46.2. The predicted octanol–water partition coefficient (Wildman–Crippen LogP) is 9.28. The second-order valence-corrected chi connectivity index (χ2v) is 25.8. The van der Waals surface area contributed by atoms with Crippen LogP contribution >= 0.6 is 0 Å². The van der Waals surface area contributed by atoms with Crippen molar-refractivity contribution in [3.8, 4) is 0 Å². The van der Waals surface area contributed by atoms with Crippen LogP contribution in [0.5, 0.6) is 0 Å². The highest BCUT2D eigenvalue weighted by Gasteiger charge is 2.68. The quantitative estimate of drug-likeness (QED) is 0.0556. The molecule has 11 saturated carbocycles. The van der Waals surface area contributed by atoms with Crippen LogP contribution in [0.4, 0.5) is 0 Å². The molecule has 1 aliphatic heterocycles. The van der Waals surface area contributed by atoms with Crippen LogP contribution in [0.3, 0.4) is 0 Å². The first-order valence-electron chi connectivity index (χ1n) is 27.5. The van der Waals surface area contributed by atoms with Crippen LogP contribution in [0.25, 0.3) is 0 Å². The van der Waals surface area contributed by atoms with Crippen molar-refractivity contribution in [1.82, 2.24) is 0 Å². The smallest absolute Gasteiger partial charge is 0.382 e. The first-order chi connectivity index (χ1) is 33.1. The van der Waals surface area contributed by atoms with Crippen LogP contribution in [-0.2, 0) is 47.7 Å². The zero-order valence-electron chi connectivity index (χ0n) is 41.1. The largest absolute Gasteiger partial charge is 0.463 e. The van der Waals surface area contributed by atoms with E-state index in [4.69, 9.17) is 19.3 Å². The number of aliphatic hydroxyl groups excluding tert-OH is 1. The molecule has 0 amide bonds. The summed E-state index contributed by atoms with van der Waals surface area (Å²) in [6.07, 6.45) is 30.1. The fraction of sp³-hybridized carbons (Fsp3) is 0.759. The fourth-order valence-corrected chi connectivity index (χ4v) is 19.9. The van der Waals surface area contributed by atoms with E-state index in [-0.39, 0.29) is 41.4 Å². The zero-order chi connectivity index (χ0) is 47.9. The Kier molecular flexibility index (Phi) is 11.3. The molecule has 14 aliphatic carbocycles. The van der Waals surface area contributed by atoms with Crippen molar-refractivity contribution in [2.45, 2.75) is 137 Å². The minimum absolute atomic E-state index is 0.00164. The van der Waals surface area contributed by atoms with Crippen molar-refractivity contribution in [2.24, 2.45) is 129 Å². The maximum atomic E-state index is 14.8. The molecule has 15 aliphatic rings. The molecule has 14 bridgehead atoms. The molecule has 12 atom stereocenters. The number of carbonyl (C=O) groups is 6. The van der Waals surface area contributed by atoms with Crippen LogP contribution in [0.1, 0.15) is 130 Å². The van der Waals surface area contributed by atoms with Crippen LogP contribution in [0, 0.1) is 129 Å². The van der Waals surface area contributed by atoms with Gasteiger partial charge in [0.15, 0.2) is 6.10 Å². The summed E-state index contributed by atoms with van der Waals surface area (Å²) >= 11 is 0. The standard InChI is InChI=1S/C52H64O8.C6H10O3/c1-3-51(38-9-7-32(23-38)45(51)43-34-14-27-11-28(16-34)17-35(43)15-27)49(56)59-42(53)25-41(58-47(54)40-22-26-5-6-31(40)13-26)48(55)60-50(57)52(4-2)39-10-8-33(24-39)46(52)44-36-18-29-12-30(20-36)21-37(44)19-29;1-6(2)3-9-5(8)4(6)7/h5-10,25-40,43-46H,3-4,11-24H2,1-2H3;4,7H,3H2,1-2H3/b41-25-;. The summed E-state index contributed by atoms with van der Waals surface area (Å²) in [5.74, 6) is 1.99. The van der Waals surface area contributed by atoms with Crippen molar-refractivity contribution in [1.29, 1.82) is 0 Å². The zero-order valence-corrected chi connectivity index (χ0v) is 41.1. The van der Waals surface area contributed by atoms with E-state index in [9.17, 15) is 28.8 Å². The maximum Gasteiger partial charge on any atom is 0.382 e. The van der Waals surface area contributed by atoms with E-state index in [0.29, 0.717) is 67.3 Å². The van der Waals surface area contributed by atoms with Crippen LogP contribution in [0.2, 0.25) is 0 Å². The van der Waals surface area contributed by atoms with Crippen molar-refractivity contribution in [3.05, 3.63) is 48.3 Å². The van der Waals surface area contributed by atoms with E-state index < -0.39 is 69.8 Å². The molecule has 1 heterocycles. The van der Waals surface area contributed by atoms with Gasteiger partial charge < -0.3 is 24.1 Å². The molecule has 0 spiro atoms.